The average molecular weight is 329 g/mol. The second kappa shape index (κ2) is 7.68. The molecule has 0 spiro atoms. The largest absolute Gasteiger partial charge is 0.392 e. The zero-order chi connectivity index (χ0) is 14.8. The Balaban J connectivity index is 0.00000220. The average Bonchev–Trinajstić information content (AvgIpc) is 2.40. The zero-order valence-corrected chi connectivity index (χ0v) is 13.0. The van der Waals surface area contributed by atoms with Gasteiger partial charge in [0.2, 0.25) is 5.91 Å². The van der Waals surface area contributed by atoms with Gasteiger partial charge in [-0.3, -0.25) is 4.79 Å². The molecule has 1 saturated carbocycles. The highest BCUT2D eigenvalue weighted by molar-refractivity contribution is 5.85. The molecule has 0 radical (unpaired) electrons. The highest BCUT2D eigenvalue weighted by Crippen LogP contribution is 2.41. The molecule has 21 heavy (non-hydrogen) atoms. The Labute approximate surface area is 129 Å². The first-order valence-corrected chi connectivity index (χ1v) is 7.47. The van der Waals surface area contributed by atoms with Gasteiger partial charge < -0.3 is 10.6 Å². The van der Waals surface area contributed by atoms with E-state index in [2.05, 4.69) is 10.6 Å². The molecule has 124 valence electrons. The molecule has 0 aromatic rings. The molecule has 2 rings (SSSR count). The van der Waals surface area contributed by atoms with E-state index in [4.69, 9.17) is 0 Å². The topological polar surface area (TPSA) is 41.1 Å². The van der Waals surface area contributed by atoms with Crippen molar-refractivity contribution in [2.24, 2.45) is 17.8 Å². The number of hydrogen-bond acceptors (Lipinski definition) is 2. The van der Waals surface area contributed by atoms with Crippen LogP contribution in [0.4, 0.5) is 13.2 Å². The smallest absolute Gasteiger partial charge is 0.352 e. The fraction of sp³-hybridized carbons (Fsp3) is 0.929. The second-order valence-corrected chi connectivity index (χ2v) is 6.12. The second-order valence-electron chi connectivity index (χ2n) is 6.12. The SMILES string of the molecule is CC1CCNCC1NC(=O)C1CCCCC1C(F)(F)F.Cl. The first kappa shape index (κ1) is 18.6. The van der Waals surface area contributed by atoms with Gasteiger partial charge in [-0.1, -0.05) is 19.8 Å². The summed E-state index contributed by atoms with van der Waals surface area (Å²) in [6.07, 6.45) is -1.61. The highest BCUT2D eigenvalue weighted by atomic mass is 35.5. The third-order valence-electron chi connectivity index (χ3n) is 4.68. The minimum absolute atomic E-state index is 0. The number of hydrogen-bond donors (Lipinski definition) is 2. The Bertz CT molecular complexity index is 352. The number of amides is 1. The van der Waals surface area contributed by atoms with E-state index >= 15 is 0 Å². The maximum Gasteiger partial charge on any atom is 0.392 e. The van der Waals surface area contributed by atoms with Crippen LogP contribution in [0.3, 0.4) is 0 Å². The molecule has 4 atom stereocenters. The van der Waals surface area contributed by atoms with Gasteiger partial charge in [0.05, 0.1) is 5.92 Å². The lowest BCUT2D eigenvalue weighted by atomic mass is 9.78. The fourth-order valence-corrected chi connectivity index (χ4v) is 3.31. The van der Waals surface area contributed by atoms with E-state index in [-0.39, 0.29) is 24.9 Å². The van der Waals surface area contributed by atoms with Gasteiger partial charge >= 0.3 is 6.18 Å². The Morgan fingerprint density at radius 2 is 1.86 bits per heavy atom. The number of rotatable bonds is 2. The van der Waals surface area contributed by atoms with Crippen LogP contribution in [-0.2, 0) is 4.79 Å². The van der Waals surface area contributed by atoms with Crippen LogP contribution < -0.4 is 10.6 Å². The Morgan fingerprint density at radius 3 is 2.48 bits per heavy atom. The number of alkyl halides is 3. The van der Waals surface area contributed by atoms with Gasteiger partial charge in [0.15, 0.2) is 0 Å². The van der Waals surface area contributed by atoms with Crippen LogP contribution in [0.1, 0.15) is 39.0 Å². The number of halogens is 4. The minimum Gasteiger partial charge on any atom is -0.352 e. The lowest BCUT2D eigenvalue weighted by Crippen LogP contribution is -2.53. The summed E-state index contributed by atoms with van der Waals surface area (Å²) >= 11 is 0. The molecule has 2 aliphatic rings. The van der Waals surface area contributed by atoms with Crippen LogP contribution >= 0.6 is 12.4 Å². The van der Waals surface area contributed by atoms with Crippen LogP contribution in [0, 0.1) is 17.8 Å². The van der Waals surface area contributed by atoms with Crippen LogP contribution in [0.15, 0.2) is 0 Å². The molecule has 2 fully saturated rings. The van der Waals surface area contributed by atoms with Gasteiger partial charge in [-0.2, -0.15) is 13.2 Å². The van der Waals surface area contributed by atoms with Crippen LogP contribution in [-0.4, -0.2) is 31.2 Å². The molecule has 7 heteroatoms. The van der Waals surface area contributed by atoms with Gasteiger partial charge in [-0.25, -0.2) is 0 Å². The Morgan fingerprint density at radius 1 is 1.19 bits per heavy atom. The van der Waals surface area contributed by atoms with E-state index in [0.717, 1.165) is 13.0 Å². The highest BCUT2D eigenvalue weighted by Gasteiger charge is 2.48. The van der Waals surface area contributed by atoms with Crippen molar-refractivity contribution in [2.45, 2.75) is 51.2 Å². The third kappa shape index (κ3) is 4.74. The monoisotopic (exact) mass is 328 g/mol. The number of nitrogens with one attached hydrogen (secondary N) is 2. The summed E-state index contributed by atoms with van der Waals surface area (Å²) in [4.78, 5) is 12.2. The van der Waals surface area contributed by atoms with Crippen molar-refractivity contribution in [3.8, 4) is 0 Å². The molecule has 4 unspecified atom stereocenters. The molecule has 1 aliphatic carbocycles. The van der Waals surface area contributed by atoms with E-state index in [1.165, 1.54) is 0 Å². The van der Waals surface area contributed by atoms with Gasteiger partial charge in [-0.05, 0) is 31.7 Å². The molecular formula is C14H24ClF3N2O. The van der Waals surface area contributed by atoms with Crippen molar-refractivity contribution in [1.82, 2.24) is 10.6 Å². The van der Waals surface area contributed by atoms with E-state index in [1.54, 1.807) is 0 Å². The van der Waals surface area contributed by atoms with Crippen molar-refractivity contribution in [3.05, 3.63) is 0 Å². The standard InChI is InChI=1S/C14H23F3N2O.ClH/c1-9-6-7-18-8-12(9)19-13(20)10-4-2-3-5-11(10)14(15,16)17;/h9-12,18H,2-8H2,1H3,(H,19,20);1H. The first-order chi connectivity index (χ1) is 9.39. The Hall–Kier alpha value is -0.490. The van der Waals surface area contributed by atoms with Crippen molar-refractivity contribution in [3.63, 3.8) is 0 Å². The molecule has 1 aliphatic heterocycles. The molecule has 1 heterocycles. The van der Waals surface area contributed by atoms with Crippen LogP contribution in [0.2, 0.25) is 0 Å². The summed E-state index contributed by atoms with van der Waals surface area (Å²) in [5, 5.41) is 6.02. The van der Waals surface area contributed by atoms with Crippen LogP contribution in [0.25, 0.3) is 0 Å². The van der Waals surface area contributed by atoms with Crippen molar-refractivity contribution in [1.29, 1.82) is 0 Å². The predicted molar refractivity (Wildman–Crippen MR) is 77.3 cm³/mol. The predicted octanol–water partition coefficient (Wildman–Crippen LogP) is 2.89. The normalized spacial score (nSPS) is 33.9. The Kier molecular flexibility index (Phi) is 6.78. The van der Waals surface area contributed by atoms with Crippen LogP contribution in [0.5, 0.6) is 0 Å². The molecule has 3 nitrogen and oxygen atoms in total. The molecule has 2 N–H and O–H groups in total. The number of piperidine rings is 1. The fourth-order valence-electron chi connectivity index (χ4n) is 3.31. The zero-order valence-electron chi connectivity index (χ0n) is 12.2. The summed E-state index contributed by atoms with van der Waals surface area (Å²) in [5.74, 6) is -2.47. The third-order valence-corrected chi connectivity index (χ3v) is 4.68. The molecule has 0 bridgehead atoms. The molecule has 1 saturated heterocycles. The van der Waals surface area contributed by atoms with Crippen molar-refractivity contribution < 1.29 is 18.0 Å². The number of carbonyl (C=O) groups is 1. The quantitative estimate of drug-likeness (QED) is 0.818. The van der Waals surface area contributed by atoms with Gasteiger partial charge in [-0.15, -0.1) is 12.4 Å². The molecule has 0 aromatic heterocycles. The van der Waals surface area contributed by atoms with E-state index in [0.29, 0.717) is 31.7 Å². The number of carbonyl (C=O) groups excluding carboxylic acids is 1. The lowest BCUT2D eigenvalue weighted by Gasteiger charge is -2.35. The van der Waals surface area contributed by atoms with Crippen molar-refractivity contribution in [2.75, 3.05) is 13.1 Å². The molecule has 1 amide bonds. The minimum atomic E-state index is -4.27. The first-order valence-electron chi connectivity index (χ1n) is 7.47. The summed E-state index contributed by atoms with van der Waals surface area (Å²) in [6.45, 7) is 3.59. The molecule has 0 aromatic carbocycles. The van der Waals surface area contributed by atoms with Gasteiger partial charge in [0.25, 0.3) is 0 Å². The van der Waals surface area contributed by atoms with E-state index in [9.17, 15) is 18.0 Å². The maximum atomic E-state index is 13.0. The summed E-state index contributed by atoms with van der Waals surface area (Å²) in [6, 6.07) is -0.0490. The summed E-state index contributed by atoms with van der Waals surface area (Å²) in [5.41, 5.74) is 0. The van der Waals surface area contributed by atoms with E-state index in [1.807, 2.05) is 6.92 Å². The lowest BCUT2D eigenvalue weighted by molar-refractivity contribution is -0.198. The van der Waals surface area contributed by atoms with Crippen molar-refractivity contribution >= 4 is 18.3 Å². The molecular weight excluding hydrogens is 305 g/mol. The van der Waals surface area contributed by atoms with Gasteiger partial charge in [0, 0.05) is 18.5 Å². The van der Waals surface area contributed by atoms with Gasteiger partial charge in [0.1, 0.15) is 0 Å². The summed E-state index contributed by atoms with van der Waals surface area (Å²) < 4.78 is 39.0. The van der Waals surface area contributed by atoms with E-state index < -0.39 is 23.9 Å². The summed E-state index contributed by atoms with van der Waals surface area (Å²) in [7, 11) is 0. The maximum absolute atomic E-state index is 13.0.